The van der Waals surface area contributed by atoms with Crippen molar-refractivity contribution in [2.45, 2.75) is 18.8 Å². The van der Waals surface area contributed by atoms with Crippen LogP contribution in [0.5, 0.6) is 0 Å². The van der Waals surface area contributed by atoms with Gasteiger partial charge in [0.2, 0.25) is 0 Å². The van der Waals surface area contributed by atoms with E-state index in [1.165, 1.54) is 24.0 Å². The normalized spacial score (nSPS) is 15.5. The zero-order valence-corrected chi connectivity index (χ0v) is 8.40. The van der Waals surface area contributed by atoms with Gasteiger partial charge in [0.25, 0.3) is 0 Å². The van der Waals surface area contributed by atoms with E-state index in [0.717, 1.165) is 11.6 Å². The molecule has 1 fully saturated rings. The first-order chi connectivity index (χ1) is 7.34. The summed E-state index contributed by atoms with van der Waals surface area (Å²) in [4.78, 5) is 0. The van der Waals surface area contributed by atoms with E-state index < -0.39 is 0 Å². The second-order valence-electron chi connectivity index (χ2n) is 4.07. The van der Waals surface area contributed by atoms with Gasteiger partial charge in [0.15, 0.2) is 0 Å². The molecule has 1 aliphatic carbocycles. The van der Waals surface area contributed by atoms with E-state index in [9.17, 15) is 0 Å². The summed E-state index contributed by atoms with van der Waals surface area (Å²) < 4.78 is 0. The Labute approximate surface area is 88.3 Å². The Morgan fingerprint density at radius 2 is 2.07 bits per heavy atom. The van der Waals surface area contributed by atoms with Crippen LogP contribution in [0.25, 0.3) is 11.3 Å². The number of hydrogen-bond donors (Lipinski definition) is 2. The summed E-state index contributed by atoms with van der Waals surface area (Å²) >= 11 is 0. The molecule has 0 amide bonds. The maximum absolute atomic E-state index is 5.62. The highest BCUT2D eigenvalue weighted by molar-refractivity contribution is 5.67. The van der Waals surface area contributed by atoms with Crippen LogP contribution in [0, 0.1) is 0 Å². The number of nitrogens with zero attached hydrogens (tertiary/aromatic N) is 1. The first kappa shape index (κ1) is 8.53. The maximum Gasteiger partial charge on any atom is 0.145 e. The number of aromatic nitrogens is 2. The van der Waals surface area contributed by atoms with Crippen LogP contribution < -0.4 is 5.73 Å². The number of hydrogen-bond acceptors (Lipinski definition) is 2. The van der Waals surface area contributed by atoms with Crippen LogP contribution in [0.2, 0.25) is 0 Å². The molecule has 15 heavy (non-hydrogen) atoms. The lowest BCUT2D eigenvalue weighted by atomic mass is 10.0. The molecule has 0 atom stereocenters. The van der Waals surface area contributed by atoms with Gasteiger partial charge in [-0.05, 0) is 24.3 Å². The number of aromatic amines is 1. The Hall–Kier alpha value is -1.77. The van der Waals surface area contributed by atoms with Gasteiger partial charge < -0.3 is 5.73 Å². The topological polar surface area (TPSA) is 54.7 Å². The van der Waals surface area contributed by atoms with Gasteiger partial charge in [-0.3, -0.25) is 5.10 Å². The molecule has 0 saturated heterocycles. The van der Waals surface area contributed by atoms with Crippen LogP contribution >= 0.6 is 0 Å². The monoisotopic (exact) mass is 199 g/mol. The van der Waals surface area contributed by atoms with Crippen molar-refractivity contribution in [2.24, 2.45) is 0 Å². The molecule has 0 aliphatic heterocycles. The summed E-state index contributed by atoms with van der Waals surface area (Å²) in [6.45, 7) is 0. The van der Waals surface area contributed by atoms with E-state index >= 15 is 0 Å². The lowest BCUT2D eigenvalue weighted by Crippen LogP contribution is -1.86. The number of nitrogens with two attached hydrogens (primary N) is 1. The van der Waals surface area contributed by atoms with Gasteiger partial charge in [-0.2, -0.15) is 5.10 Å². The van der Waals surface area contributed by atoms with Gasteiger partial charge in [0.05, 0.1) is 5.69 Å². The fourth-order valence-electron chi connectivity index (χ4n) is 1.97. The molecule has 1 aromatic heterocycles. The predicted molar refractivity (Wildman–Crippen MR) is 60.4 cm³/mol. The number of anilines is 1. The van der Waals surface area contributed by atoms with E-state index in [2.05, 4.69) is 34.5 Å². The first-order valence-electron chi connectivity index (χ1n) is 5.25. The van der Waals surface area contributed by atoms with E-state index in [1.807, 2.05) is 6.07 Å². The number of benzene rings is 1. The SMILES string of the molecule is Nc1cc(-c2ccccc2C2CC2)[nH]n1. The van der Waals surface area contributed by atoms with Crippen molar-refractivity contribution < 1.29 is 0 Å². The molecule has 3 N–H and O–H groups in total. The Bertz CT molecular complexity index is 483. The van der Waals surface area contributed by atoms with E-state index in [0.29, 0.717) is 5.82 Å². The van der Waals surface area contributed by atoms with Crippen LogP contribution in [0.15, 0.2) is 30.3 Å². The molecule has 0 bridgehead atoms. The van der Waals surface area contributed by atoms with Crippen molar-refractivity contribution >= 4 is 5.82 Å². The van der Waals surface area contributed by atoms with Crippen molar-refractivity contribution in [2.75, 3.05) is 5.73 Å². The molecule has 0 unspecified atom stereocenters. The summed E-state index contributed by atoms with van der Waals surface area (Å²) in [7, 11) is 0. The third-order valence-corrected chi connectivity index (χ3v) is 2.87. The lowest BCUT2D eigenvalue weighted by Gasteiger charge is -2.05. The number of nitrogens with one attached hydrogen (secondary N) is 1. The Morgan fingerprint density at radius 1 is 1.27 bits per heavy atom. The second-order valence-corrected chi connectivity index (χ2v) is 4.07. The fraction of sp³-hybridized carbons (Fsp3) is 0.250. The van der Waals surface area contributed by atoms with E-state index in [1.54, 1.807) is 0 Å². The molecule has 1 aliphatic rings. The number of rotatable bonds is 2. The molecule has 3 rings (SSSR count). The fourth-order valence-corrected chi connectivity index (χ4v) is 1.97. The predicted octanol–water partition coefficient (Wildman–Crippen LogP) is 2.54. The minimum atomic E-state index is 0.551. The first-order valence-corrected chi connectivity index (χ1v) is 5.25. The van der Waals surface area contributed by atoms with E-state index in [-0.39, 0.29) is 0 Å². The molecule has 1 aromatic carbocycles. The summed E-state index contributed by atoms with van der Waals surface area (Å²) in [5, 5.41) is 6.94. The van der Waals surface area contributed by atoms with Gasteiger partial charge in [0, 0.05) is 11.6 Å². The Balaban J connectivity index is 2.10. The highest BCUT2D eigenvalue weighted by atomic mass is 15.2. The van der Waals surface area contributed by atoms with E-state index in [4.69, 9.17) is 5.73 Å². The molecular weight excluding hydrogens is 186 g/mol. The molecule has 3 nitrogen and oxygen atoms in total. The Kier molecular flexibility index (Phi) is 1.78. The van der Waals surface area contributed by atoms with Gasteiger partial charge in [-0.1, -0.05) is 24.3 Å². The van der Waals surface area contributed by atoms with Crippen molar-refractivity contribution in [3.63, 3.8) is 0 Å². The third kappa shape index (κ3) is 1.50. The largest absolute Gasteiger partial charge is 0.382 e. The molecular formula is C12H13N3. The lowest BCUT2D eigenvalue weighted by molar-refractivity contribution is 1.08. The van der Waals surface area contributed by atoms with Crippen molar-refractivity contribution in [3.05, 3.63) is 35.9 Å². The van der Waals surface area contributed by atoms with Crippen LogP contribution in [0.3, 0.4) is 0 Å². The molecule has 0 spiro atoms. The van der Waals surface area contributed by atoms with Gasteiger partial charge in [0.1, 0.15) is 5.82 Å². The smallest absolute Gasteiger partial charge is 0.145 e. The van der Waals surface area contributed by atoms with Gasteiger partial charge in [-0.15, -0.1) is 0 Å². The Morgan fingerprint density at radius 3 is 2.73 bits per heavy atom. The average Bonchev–Trinajstić information content (AvgIpc) is 3.02. The minimum absolute atomic E-state index is 0.551. The van der Waals surface area contributed by atoms with Crippen molar-refractivity contribution in [3.8, 4) is 11.3 Å². The summed E-state index contributed by atoms with van der Waals surface area (Å²) in [5.41, 5.74) is 9.30. The van der Waals surface area contributed by atoms with Crippen molar-refractivity contribution in [1.29, 1.82) is 0 Å². The van der Waals surface area contributed by atoms with Crippen LogP contribution in [0.1, 0.15) is 24.3 Å². The summed E-state index contributed by atoms with van der Waals surface area (Å²) in [6, 6.07) is 10.4. The number of H-pyrrole nitrogens is 1. The standard InChI is InChI=1S/C12H13N3/c13-12-7-11(14-15-12)10-4-2-1-3-9(10)8-5-6-8/h1-4,7-8H,5-6H2,(H3,13,14,15). The maximum atomic E-state index is 5.62. The molecule has 0 radical (unpaired) electrons. The van der Waals surface area contributed by atoms with Gasteiger partial charge in [-0.25, -0.2) is 0 Å². The highest BCUT2D eigenvalue weighted by Crippen LogP contribution is 2.44. The second kappa shape index (κ2) is 3.12. The van der Waals surface area contributed by atoms with Crippen LogP contribution in [0.4, 0.5) is 5.82 Å². The molecule has 2 aromatic rings. The zero-order valence-electron chi connectivity index (χ0n) is 8.40. The quantitative estimate of drug-likeness (QED) is 0.780. The molecule has 1 heterocycles. The summed E-state index contributed by atoms with van der Waals surface area (Å²) in [5.74, 6) is 1.29. The van der Waals surface area contributed by atoms with Crippen molar-refractivity contribution in [1.82, 2.24) is 10.2 Å². The highest BCUT2D eigenvalue weighted by Gasteiger charge is 2.26. The minimum Gasteiger partial charge on any atom is -0.382 e. The molecule has 1 saturated carbocycles. The number of nitrogen functional groups attached to an aromatic ring is 1. The van der Waals surface area contributed by atoms with Crippen LogP contribution in [-0.4, -0.2) is 10.2 Å². The van der Waals surface area contributed by atoms with Gasteiger partial charge >= 0.3 is 0 Å². The average molecular weight is 199 g/mol. The summed E-state index contributed by atoms with van der Waals surface area (Å²) in [6.07, 6.45) is 2.61. The van der Waals surface area contributed by atoms with Crippen LogP contribution in [-0.2, 0) is 0 Å². The molecule has 3 heteroatoms. The molecule has 76 valence electrons. The zero-order chi connectivity index (χ0) is 10.3. The third-order valence-electron chi connectivity index (χ3n) is 2.87.